The highest BCUT2D eigenvalue weighted by Crippen LogP contribution is 2.38. The number of hydrogen-bond donors (Lipinski definition) is 2. The zero-order chi connectivity index (χ0) is 28.8. The average molecular weight is 599 g/mol. The van der Waals surface area contributed by atoms with E-state index in [9.17, 15) is 21.6 Å². The number of benzene rings is 3. The molecule has 0 bridgehead atoms. The molecule has 12 heteroatoms. The van der Waals surface area contributed by atoms with Gasteiger partial charge in [0.05, 0.1) is 13.2 Å². The lowest BCUT2D eigenvalue weighted by atomic mass is 9.94. The van der Waals surface area contributed by atoms with Crippen molar-refractivity contribution in [2.75, 3.05) is 19.0 Å². The number of thiol groups is 1. The van der Waals surface area contributed by atoms with E-state index in [0.29, 0.717) is 0 Å². The number of rotatable bonds is 7. The Balaban J connectivity index is 0.000000357. The summed E-state index contributed by atoms with van der Waals surface area (Å²) in [6.45, 7) is 1.55. The van der Waals surface area contributed by atoms with E-state index < -0.39 is 22.0 Å². The summed E-state index contributed by atoms with van der Waals surface area (Å²) < 4.78 is 82.6. The highest BCUT2D eigenvalue weighted by Gasteiger charge is 2.34. The van der Waals surface area contributed by atoms with Crippen LogP contribution >= 0.6 is 12.6 Å². The smallest absolute Gasteiger partial charge is 0.405 e. The molecular weight excluding hydrogens is 569 g/mol. The van der Waals surface area contributed by atoms with Gasteiger partial charge in [-0.2, -0.15) is 21.6 Å². The minimum Gasteiger partial charge on any atom is -0.465 e. The van der Waals surface area contributed by atoms with Gasteiger partial charge in [-0.05, 0) is 59.9 Å². The molecule has 1 N–H and O–H groups in total. The van der Waals surface area contributed by atoms with Crippen LogP contribution in [0.1, 0.15) is 25.7 Å². The van der Waals surface area contributed by atoms with E-state index in [-0.39, 0.29) is 12.6 Å². The molecule has 7 nitrogen and oxygen atoms in total. The molecule has 0 amide bonds. The molecule has 2 atom stereocenters. The van der Waals surface area contributed by atoms with Crippen LogP contribution in [-0.2, 0) is 19.6 Å². The maximum absolute atomic E-state index is 11.0. The van der Waals surface area contributed by atoms with Crippen molar-refractivity contribution < 1.29 is 45.1 Å². The first-order valence-electron chi connectivity index (χ1n) is 12.6. The van der Waals surface area contributed by atoms with Gasteiger partial charge in [0.2, 0.25) is 0 Å². The van der Waals surface area contributed by atoms with E-state index >= 15 is 0 Å². The van der Waals surface area contributed by atoms with E-state index in [0.717, 1.165) is 77.5 Å². The summed E-state index contributed by atoms with van der Waals surface area (Å²) in [4.78, 5) is 0.935. The molecular formula is C28H29F3O7S2. The molecule has 2 aliphatic rings. The molecule has 0 radical (unpaired) electrons. The molecule has 0 spiro atoms. The quantitative estimate of drug-likeness (QED) is 0.229. The van der Waals surface area contributed by atoms with Crippen molar-refractivity contribution in [3.8, 4) is 33.8 Å². The van der Waals surface area contributed by atoms with E-state index in [4.69, 9.17) is 36.1 Å². The summed E-state index contributed by atoms with van der Waals surface area (Å²) in [5.41, 5.74) is 4.44. The van der Waals surface area contributed by atoms with Crippen LogP contribution in [0, 0.1) is 0 Å². The Bertz CT molecular complexity index is 1350. The third-order valence-corrected chi connectivity index (χ3v) is 7.07. The Kier molecular flexibility index (Phi) is 10.0. The Morgan fingerprint density at radius 1 is 0.825 bits per heavy atom. The summed E-state index contributed by atoms with van der Waals surface area (Å²) in [5, 5.41) is 0. The molecule has 2 unspecified atom stereocenters. The third kappa shape index (κ3) is 9.13. The predicted molar refractivity (Wildman–Crippen MR) is 146 cm³/mol. The fourth-order valence-corrected chi connectivity index (χ4v) is 5.04. The lowest BCUT2D eigenvalue weighted by Gasteiger charge is -2.16. The monoisotopic (exact) mass is 598 g/mol. The molecule has 5 rings (SSSR count). The van der Waals surface area contributed by atoms with Crippen LogP contribution in [0.5, 0.6) is 11.5 Å². The van der Waals surface area contributed by atoms with Crippen LogP contribution in [0.4, 0.5) is 13.2 Å². The standard InChI is InChI=1S/C26H26O4S.C2H3F3O3S/c31-23-5-1-4-22(18-8-12-20(13-9-18)29-24-6-2-16-27-24)26(23)19-10-14-21(15-11-19)30-25-7-3-17-28-25;3-2(4,5)1-9(6,7)8/h1,4-5,8-15,24-25,31H,2-3,6-7,16-17H2;1H2,(H,6,7,8). The summed E-state index contributed by atoms with van der Waals surface area (Å²) in [6, 6.07) is 22.5. The molecule has 2 fully saturated rings. The second-order valence-electron chi connectivity index (χ2n) is 9.21. The first-order chi connectivity index (χ1) is 19.0. The van der Waals surface area contributed by atoms with Crippen molar-refractivity contribution in [3.05, 3.63) is 66.7 Å². The first-order valence-corrected chi connectivity index (χ1v) is 14.6. The molecule has 0 saturated carbocycles. The second kappa shape index (κ2) is 13.3. The van der Waals surface area contributed by atoms with Gasteiger partial charge >= 0.3 is 6.18 Å². The highest BCUT2D eigenvalue weighted by molar-refractivity contribution is 7.85. The maximum Gasteiger partial charge on any atom is 0.405 e. The average Bonchev–Trinajstić information content (AvgIpc) is 3.58. The van der Waals surface area contributed by atoms with Crippen LogP contribution in [0.25, 0.3) is 22.3 Å². The summed E-state index contributed by atoms with van der Waals surface area (Å²) in [7, 11) is -4.91. The predicted octanol–water partition coefficient (Wildman–Crippen LogP) is 6.78. The zero-order valence-electron chi connectivity index (χ0n) is 21.3. The van der Waals surface area contributed by atoms with Gasteiger partial charge in [0, 0.05) is 23.3 Å². The second-order valence-corrected chi connectivity index (χ2v) is 11.1. The first kappa shape index (κ1) is 30.2. The topological polar surface area (TPSA) is 91.3 Å². The molecule has 0 aliphatic carbocycles. The Hall–Kier alpha value is -2.77. The van der Waals surface area contributed by atoms with Crippen LogP contribution in [-0.4, -0.2) is 50.7 Å². The van der Waals surface area contributed by atoms with Crippen LogP contribution in [0.3, 0.4) is 0 Å². The molecule has 3 aromatic rings. The summed E-state index contributed by atoms with van der Waals surface area (Å²) in [5.74, 6) is -0.528. The number of halogens is 3. The van der Waals surface area contributed by atoms with Crippen molar-refractivity contribution in [1.29, 1.82) is 0 Å². The van der Waals surface area contributed by atoms with Crippen molar-refractivity contribution in [2.45, 2.75) is 49.3 Å². The normalized spacial score (nSPS) is 19.1. The van der Waals surface area contributed by atoms with Gasteiger partial charge in [-0.1, -0.05) is 36.4 Å². The van der Waals surface area contributed by atoms with E-state index in [1.165, 1.54) is 0 Å². The maximum atomic E-state index is 11.0. The molecule has 216 valence electrons. The van der Waals surface area contributed by atoms with Gasteiger partial charge in [-0.25, -0.2) is 0 Å². The van der Waals surface area contributed by atoms with Gasteiger partial charge < -0.3 is 18.9 Å². The van der Waals surface area contributed by atoms with Gasteiger partial charge in [0.15, 0.2) is 18.3 Å². The lowest BCUT2D eigenvalue weighted by molar-refractivity contribution is -0.107. The van der Waals surface area contributed by atoms with Crippen molar-refractivity contribution in [1.82, 2.24) is 0 Å². The molecule has 3 aromatic carbocycles. The molecule has 2 saturated heterocycles. The summed E-state index contributed by atoms with van der Waals surface area (Å²) in [6.07, 6.45) is -1.12. The number of ether oxygens (including phenoxy) is 4. The summed E-state index contributed by atoms with van der Waals surface area (Å²) >= 11 is 4.75. The van der Waals surface area contributed by atoms with E-state index in [2.05, 4.69) is 30.3 Å². The van der Waals surface area contributed by atoms with E-state index in [1.807, 2.05) is 36.4 Å². The van der Waals surface area contributed by atoms with Crippen LogP contribution in [0.2, 0.25) is 0 Å². The van der Waals surface area contributed by atoms with Crippen molar-refractivity contribution >= 4 is 22.7 Å². The molecule has 0 aromatic heterocycles. The van der Waals surface area contributed by atoms with Crippen LogP contribution < -0.4 is 9.47 Å². The van der Waals surface area contributed by atoms with Crippen molar-refractivity contribution in [3.63, 3.8) is 0 Å². The molecule has 40 heavy (non-hydrogen) atoms. The third-order valence-electron chi connectivity index (χ3n) is 6.01. The highest BCUT2D eigenvalue weighted by atomic mass is 32.2. The zero-order valence-corrected chi connectivity index (χ0v) is 23.1. The number of alkyl halides is 3. The van der Waals surface area contributed by atoms with Gasteiger partial charge in [-0.3, -0.25) is 4.55 Å². The largest absolute Gasteiger partial charge is 0.465 e. The van der Waals surface area contributed by atoms with Gasteiger partial charge in [0.1, 0.15) is 11.5 Å². The molecule has 2 heterocycles. The fourth-order valence-electron chi connectivity index (χ4n) is 4.29. The minimum atomic E-state index is -4.91. The van der Waals surface area contributed by atoms with Crippen LogP contribution in [0.15, 0.2) is 71.6 Å². The van der Waals surface area contributed by atoms with Crippen molar-refractivity contribution in [2.24, 2.45) is 0 Å². The van der Waals surface area contributed by atoms with E-state index in [1.54, 1.807) is 0 Å². The number of hydrogen-bond acceptors (Lipinski definition) is 7. The SMILES string of the molecule is O=S(=O)(O)CC(F)(F)F.Sc1cccc(-c2ccc(OC3CCCO3)cc2)c1-c1ccc(OC2CCCO2)cc1. The van der Waals surface area contributed by atoms with Gasteiger partial charge in [-0.15, -0.1) is 12.6 Å². The minimum absolute atomic E-state index is 0.127. The Morgan fingerprint density at radius 3 is 1.73 bits per heavy atom. The van der Waals surface area contributed by atoms with Gasteiger partial charge in [0.25, 0.3) is 10.1 Å². The lowest BCUT2D eigenvalue weighted by Crippen LogP contribution is -2.21. The Morgan fingerprint density at radius 2 is 1.32 bits per heavy atom. The fraction of sp³-hybridized carbons (Fsp3) is 0.357. The Labute approximate surface area is 236 Å². The molecule has 2 aliphatic heterocycles.